The van der Waals surface area contributed by atoms with E-state index in [9.17, 15) is 9.59 Å². The summed E-state index contributed by atoms with van der Waals surface area (Å²) >= 11 is 1.25. The Morgan fingerprint density at radius 2 is 2.11 bits per heavy atom. The largest absolute Gasteiger partial charge is 0.354 e. The number of tetrazole rings is 1. The quantitative estimate of drug-likeness (QED) is 0.730. The van der Waals surface area contributed by atoms with Crippen molar-refractivity contribution in [1.29, 1.82) is 0 Å². The fraction of sp³-hybridized carbons (Fsp3) is 0.500. The number of nitrogens with one attached hydrogen (secondary N) is 2. The highest BCUT2D eigenvalue weighted by Gasteiger charge is 2.22. The Kier molecular flexibility index (Phi) is 6.44. The first-order chi connectivity index (χ1) is 13.0. The molecule has 1 fully saturated rings. The summed E-state index contributed by atoms with van der Waals surface area (Å²) in [5.41, 5.74) is 2.08. The Balaban J connectivity index is 1.59. The van der Waals surface area contributed by atoms with Gasteiger partial charge in [0.2, 0.25) is 17.0 Å². The summed E-state index contributed by atoms with van der Waals surface area (Å²) in [6.45, 7) is 4.95. The molecule has 2 heterocycles. The molecule has 8 nitrogen and oxygen atoms in total. The van der Waals surface area contributed by atoms with Crippen LogP contribution in [0.2, 0.25) is 0 Å². The van der Waals surface area contributed by atoms with Gasteiger partial charge >= 0.3 is 0 Å². The number of hydrogen-bond acceptors (Lipinski definition) is 6. The van der Waals surface area contributed by atoms with Gasteiger partial charge in [0.15, 0.2) is 0 Å². The lowest BCUT2D eigenvalue weighted by Gasteiger charge is -2.14. The number of thioether (sulfide) groups is 1. The van der Waals surface area contributed by atoms with Gasteiger partial charge in [0, 0.05) is 6.54 Å². The monoisotopic (exact) mass is 388 g/mol. The van der Waals surface area contributed by atoms with Crippen LogP contribution in [-0.4, -0.2) is 50.4 Å². The predicted octanol–water partition coefficient (Wildman–Crippen LogP) is 1.66. The molecular weight excluding hydrogens is 364 g/mol. The Labute approximate surface area is 162 Å². The van der Waals surface area contributed by atoms with Crippen LogP contribution in [0.1, 0.15) is 44.6 Å². The van der Waals surface area contributed by atoms with Gasteiger partial charge in [-0.05, 0) is 53.3 Å². The van der Waals surface area contributed by atoms with E-state index in [0.717, 1.165) is 18.5 Å². The van der Waals surface area contributed by atoms with E-state index >= 15 is 0 Å². The molecule has 0 aliphatic carbocycles. The molecule has 0 saturated carbocycles. The highest BCUT2D eigenvalue weighted by Crippen LogP contribution is 2.20. The topological polar surface area (TPSA) is 102 Å². The Hall–Kier alpha value is -2.42. The number of nitrogens with zero attached hydrogens (tertiary/aromatic N) is 4. The highest BCUT2D eigenvalue weighted by atomic mass is 32.2. The fourth-order valence-corrected chi connectivity index (χ4v) is 3.58. The van der Waals surface area contributed by atoms with E-state index in [0.29, 0.717) is 24.0 Å². The minimum atomic E-state index is -0.458. The molecule has 0 radical (unpaired) electrons. The van der Waals surface area contributed by atoms with Gasteiger partial charge in [0.25, 0.3) is 0 Å². The molecule has 2 N–H and O–H groups in total. The van der Waals surface area contributed by atoms with E-state index in [4.69, 9.17) is 0 Å². The van der Waals surface area contributed by atoms with Crippen molar-refractivity contribution < 1.29 is 9.59 Å². The molecule has 3 rings (SSSR count). The van der Waals surface area contributed by atoms with E-state index < -0.39 is 6.04 Å². The smallest absolute Gasteiger partial charge is 0.242 e. The van der Waals surface area contributed by atoms with Gasteiger partial charge in [-0.15, -0.1) is 5.10 Å². The third-order valence-electron chi connectivity index (χ3n) is 4.45. The van der Waals surface area contributed by atoms with E-state index in [1.807, 2.05) is 24.3 Å². The number of amides is 2. The van der Waals surface area contributed by atoms with Crippen LogP contribution in [-0.2, 0) is 9.59 Å². The van der Waals surface area contributed by atoms with Crippen molar-refractivity contribution in [2.24, 2.45) is 0 Å². The van der Waals surface area contributed by atoms with Crippen LogP contribution in [0.15, 0.2) is 29.4 Å². The molecule has 1 aliphatic heterocycles. The van der Waals surface area contributed by atoms with Crippen molar-refractivity contribution in [2.45, 2.75) is 50.2 Å². The maximum atomic E-state index is 12.2. The van der Waals surface area contributed by atoms with E-state index in [1.54, 1.807) is 4.68 Å². The Bertz CT molecular complexity index is 789. The predicted molar refractivity (Wildman–Crippen MR) is 103 cm³/mol. The lowest BCUT2D eigenvalue weighted by atomic mass is 10.0. The van der Waals surface area contributed by atoms with Crippen molar-refractivity contribution in [2.75, 3.05) is 12.3 Å². The molecular formula is C18H24N6O2S. The van der Waals surface area contributed by atoms with Gasteiger partial charge in [-0.3, -0.25) is 9.59 Å². The summed E-state index contributed by atoms with van der Waals surface area (Å²) in [5.74, 6) is 0.285. The molecule has 1 aliphatic rings. The van der Waals surface area contributed by atoms with Gasteiger partial charge in [0.05, 0.1) is 11.4 Å². The standard InChI is InChI=1S/C18H24N6O2S/c1-12(2)13-6-8-14(9-7-13)24-18(21-22-23-24)27-11-16(25)20-15-5-3-4-10-19-17(15)26/h6-9,12,15H,3-5,10-11H2,1-2H3,(H,19,26)(H,20,25). The van der Waals surface area contributed by atoms with E-state index in [-0.39, 0.29) is 17.6 Å². The first kappa shape index (κ1) is 19.3. The first-order valence-corrected chi connectivity index (χ1v) is 10.1. The zero-order valence-corrected chi connectivity index (χ0v) is 16.3. The van der Waals surface area contributed by atoms with Crippen molar-refractivity contribution in [3.05, 3.63) is 29.8 Å². The van der Waals surface area contributed by atoms with Crippen LogP contribution in [0.4, 0.5) is 0 Å². The molecule has 2 aromatic rings. The molecule has 1 unspecified atom stereocenters. The molecule has 2 amide bonds. The minimum Gasteiger partial charge on any atom is -0.354 e. The van der Waals surface area contributed by atoms with Gasteiger partial charge < -0.3 is 10.6 Å². The Morgan fingerprint density at radius 1 is 1.33 bits per heavy atom. The summed E-state index contributed by atoms with van der Waals surface area (Å²) < 4.78 is 1.61. The third-order valence-corrected chi connectivity index (χ3v) is 5.37. The number of carbonyl (C=O) groups is 2. The molecule has 1 aromatic heterocycles. The SMILES string of the molecule is CC(C)c1ccc(-n2nnnc2SCC(=O)NC2CCCCNC2=O)cc1. The summed E-state index contributed by atoms with van der Waals surface area (Å²) in [5, 5.41) is 17.9. The number of aromatic nitrogens is 4. The summed E-state index contributed by atoms with van der Waals surface area (Å²) in [6, 6.07) is 7.57. The van der Waals surface area contributed by atoms with Crippen molar-refractivity contribution >= 4 is 23.6 Å². The minimum absolute atomic E-state index is 0.110. The number of carbonyl (C=O) groups excluding carboxylic acids is 2. The van der Waals surface area contributed by atoms with Crippen molar-refractivity contribution in [3.8, 4) is 5.69 Å². The van der Waals surface area contributed by atoms with Crippen LogP contribution >= 0.6 is 11.8 Å². The van der Waals surface area contributed by atoms with Crippen LogP contribution in [0.25, 0.3) is 5.69 Å². The molecule has 144 valence electrons. The number of rotatable bonds is 6. The van der Waals surface area contributed by atoms with Gasteiger partial charge in [-0.1, -0.05) is 37.7 Å². The maximum absolute atomic E-state index is 12.2. The first-order valence-electron chi connectivity index (χ1n) is 9.13. The zero-order valence-electron chi connectivity index (χ0n) is 15.5. The molecule has 1 saturated heterocycles. The lowest BCUT2D eigenvalue weighted by molar-refractivity contribution is -0.127. The normalized spacial score (nSPS) is 17.4. The van der Waals surface area contributed by atoms with Crippen LogP contribution in [0.5, 0.6) is 0 Å². The second kappa shape index (κ2) is 8.98. The fourth-order valence-electron chi connectivity index (χ4n) is 2.87. The summed E-state index contributed by atoms with van der Waals surface area (Å²) in [4.78, 5) is 24.2. The molecule has 1 aromatic carbocycles. The zero-order chi connectivity index (χ0) is 19.2. The Morgan fingerprint density at radius 3 is 2.85 bits per heavy atom. The molecule has 27 heavy (non-hydrogen) atoms. The van der Waals surface area contributed by atoms with Crippen LogP contribution < -0.4 is 10.6 Å². The number of benzene rings is 1. The average molecular weight is 388 g/mol. The second-order valence-corrected chi connectivity index (χ2v) is 7.76. The van der Waals surface area contributed by atoms with E-state index in [1.165, 1.54) is 17.3 Å². The van der Waals surface area contributed by atoms with Crippen molar-refractivity contribution in [3.63, 3.8) is 0 Å². The highest BCUT2D eigenvalue weighted by molar-refractivity contribution is 7.99. The second-order valence-electron chi connectivity index (χ2n) is 6.82. The third kappa shape index (κ3) is 5.06. The van der Waals surface area contributed by atoms with Gasteiger partial charge in [-0.25, -0.2) is 0 Å². The summed E-state index contributed by atoms with van der Waals surface area (Å²) in [7, 11) is 0. The van der Waals surface area contributed by atoms with E-state index in [2.05, 4.69) is 40.0 Å². The van der Waals surface area contributed by atoms with Crippen LogP contribution in [0.3, 0.4) is 0 Å². The average Bonchev–Trinajstić information content (AvgIpc) is 3.04. The molecule has 1 atom stereocenters. The number of hydrogen-bond donors (Lipinski definition) is 2. The molecule has 9 heteroatoms. The maximum Gasteiger partial charge on any atom is 0.242 e. The lowest BCUT2D eigenvalue weighted by Crippen LogP contribution is -2.46. The molecule has 0 spiro atoms. The molecule has 0 bridgehead atoms. The summed E-state index contributed by atoms with van der Waals surface area (Å²) in [6.07, 6.45) is 2.53. The van der Waals surface area contributed by atoms with Gasteiger partial charge in [0.1, 0.15) is 6.04 Å². The van der Waals surface area contributed by atoms with Crippen LogP contribution in [0, 0.1) is 0 Å². The van der Waals surface area contributed by atoms with Gasteiger partial charge in [-0.2, -0.15) is 4.68 Å². The van der Waals surface area contributed by atoms with Crippen molar-refractivity contribution in [1.82, 2.24) is 30.8 Å².